The Morgan fingerprint density at radius 3 is 2.38 bits per heavy atom. The van der Waals surface area contributed by atoms with Gasteiger partial charge in [0.15, 0.2) is 5.75 Å². The van der Waals surface area contributed by atoms with Gasteiger partial charge in [-0.05, 0) is 30.4 Å². The van der Waals surface area contributed by atoms with E-state index in [0.29, 0.717) is 13.1 Å². The number of nitrogens with zero attached hydrogens (tertiary/aromatic N) is 2. The van der Waals surface area contributed by atoms with Gasteiger partial charge in [-0.2, -0.15) is 4.31 Å². The summed E-state index contributed by atoms with van der Waals surface area (Å²) in [6.45, 7) is 4.78. The third-order valence-electron chi connectivity index (χ3n) is 3.62. The highest BCUT2D eigenvalue weighted by atomic mass is 32.2. The van der Waals surface area contributed by atoms with Crippen LogP contribution in [0.1, 0.15) is 20.3 Å². The Bertz CT molecular complexity index is 649. The van der Waals surface area contributed by atoms with Crippen LogP contribution in [0.5, 0.6) is 5.75 Å². The van der Waals surface area contributed by atoms with Gasteiger partial charge in [0.25, 0.3) is 0 Å². The molecule has 1 fully saturated rings. The zero-order valence-electron chi connectivity index (χ0n) is 11.9. The molecule has 2 rings (SSSR count). The van der Waals surface area contributed by atoms with E-state index in [4.69, 9.17) is 0 Å². The van der Waals surface area contributed by atoms with Gasteiger partial charge >= 0.3 is 5.69 Å². The summed E-state index contributed by atoms with van der Waals surface area (Å²) in [7, 11) is -3.78. The zero-order valence-corrected chi connectivity index (χ0v) is 12.7. The number of piperidine rings is 1. The third kappa shape index (κ3) is 3.16. The van der Waals surface area contributed by atoms with Crippen LogP contribution in [0.25, 0.3) is 0 Å². The highest BCUT2D eigenvalue weighted by molar-refractivity contribution is 7.89. The molecule has 1 saturated heterocycles. The van der Waals surface area contributed by atoms with Crippen LogP contribution in [-0.4, -0.2) is 35.8 Å². The molecular formula is C13H18N2O5S. The maximum absolute atomic E-state index is 12.6. The summed E-state index contributed by atoms with van der Waals surface area (Å²) in [5.74, 6) is -0.0504. The monoisotopic (exact) mass is 314 g/mol. The highest BCUT2D eigenvalue weighted by Crippen LogP contribution is 2.31. The Hall–Kier alpha value is -1.67. The summed E-state index contributed by atoms with van der Waals surface area (Å²) < 4.78 is 26.5. The lowest BCUT2D eigenvalue weighted by molar-refractivity contribution is -0.386. The molecule has 2 unspecified atom stereocenters. The fourth-order valence-electron chi connectivity index (χ4n) is 2.76. The molecule has 0 aromatic heterocycles. The Balaban J connectivity index is 2.40. The van der Waals surface area contributed by atoms with Gasteiger partial charge in [0, 0.05) is 19.2 Å². The van der Waals surface area contributed by atoms with E-state index in [2.05, 4.69) is 0 Å². The first-order valence-electron chi connectivity index (χ1n) is 6.69. The van der Waals surface area contributed by atoms with Crippen molar-refractivity contribution < 1.29 is 18.4 Å². The van der Waals surface area contributed by atoms with Crippen molar-refractivity contribution in [3.8, 4) is 5.75 Å². The van der Waals surface area contributed by atoms with E-state index in [1.807, 2.05) is 13.8 Å². The molecule has 8 heteroatoms. The number of phenolic OH excluding ortho intramolecular Hbond substituents is 1. The SMILES string of the molecule is CC1CC(C)CN(S(=O)(=O)c2ccc(O)c([N+](=O)[O-])c2)C1. The molecule has 0 spiro atoms. The maximum Gasteiger partial charge on any atom is 0.312 e. The van der Waals surface area contributed by atoms with Crippen LogP contribution in [0.3, 0.4) is 0 Å². The van der Waals surface area contributed by atoms with Gasteiger partial charge < -0.3 is 5.11 Å². The van der Waals surface area contributed by atoms with Crippen LogP contribution in [0.15, 0.2) is 23.1 Å². The number of nitro benzene ring substituents is 1. The minimum atomic E-state index is -3.78. The molecule has 0 radical (unpaired) electrons. The van der Waals surface area contributed by atoms with E-state index in [1.54, 1.807) is 0 Å². The van der Waals surface area contributed by atoms with Gasteiger partial charge in [-0.1, -0.05) is 13.8 Å². The summed E-state index contributed by atoms with van der Waals surface area (Å²) in [4.78, 5) is 9.86. The topological polar surface area (TPSA) is 101 Å². The van der Waals surface area contributed by atoms with Gasteiger partial charge in [0.1, 0.15) is 0 Å². The quantitative estimate of drug-likeness (QED) is 0.679. The van der Waals surface area contributed by atoms with Crippen molar-refractivity contribution in [3.63, 3.8) is 0 Å². The van der Waals surface area contributed by atoms with Crippen LogP contribution >= 0.6 is 0 Å². The number of hydrogen-bond acceptors (Lipinski definition) is 5. The van der Waals surface area contributed by atoms with Crippen molar-refractivity contribution in [2.45, 2.75) is 25.2 Å². The minimum Gasteiger partial charge on any atom is -0.502 e. The molecule has 0 amide bonds. The Kier molecular flexibility index (Phi) is 4.20. The standard InChI is InChI=1S/C13H18N2O5S/c1-9-5-10(2)8-14(7-9)21(19,20)11-3-4-13(16)12(6-11)15(17)18/h3-4,6,9-10,16H,5,7-8H2,1-2H3. The highest BCUT2D eigenvalue weighted by Gasteiger charge is 2.32. The number of hydrogen-bond donors (Lipinski definition) is 1. The van der Waals surface area contributed by atoms with Crippen molar-refractivity contribution in [1.29, 1.82) is 0 Å². The van der Waals surface area contributed by atoms with Crippen LogP contribution in [-0.2, 0) is 10.0 Å². The Morgan fingerprint density at radius 1 is 1.29 bits per heavy atom. The summed E-state index contributed by atoms with van der Waals surface area (Å²) in [6.07, 6.45) is 0.960. The first kappa shape index (κ1) is 15.7. The number of nitro groups is 1. The molecule has 0 bridgehead atoms. The van der Waals surface area contributed by atoms with Gasteiger partial charge in [-0.25, -0.2) is 8.42 Å². The van der Waals surface area contributed by atoms with Crippen LogP contribution in [0.4, 0.5) is 5.69 Å². The predicted molar refractivity (Wildman–Crippen MR) is 76.5 cm³/mol. The number of rotatable bonds is 3. The molecule has 1 heterocycles. The van der Waals surface area contributed by atoms with Crippen molar-refractivity contribution in [2.75, 3.05) is 13.1 Å². The largest absolute Gasteiger partial charge is 0.502 e. The van der Waals surface area contributed by atoms with Gasteiger partial charge in [0.05, 0.1) is 9.82 Å². The molecule has 0 aliphatic carbocycles. The average molecular weight is 314 g/mol. The lowest BCUT2D eigenvalue weighted by atomic mass is 9.94. The summed E-state index contributed by atoms with van der Waals surface area (Å²) in [6, 6.07) is 3.15. The van der Waals surface area contributed by atoms with Crippen molar-refractivity contribution in [1.82, 2.24) is 4.31 Å². The van der Waals surface area contributed by atoms with Gasteiger partial charge in [-0.3, -0.25) is 10.1 Å². The van der Waals surface area contributed by atoms with Crippen molar-refractivity contribution in [2.24, 2.45) is 11.8 Å². The van der Waals surface area contributed by atoms with Gasteiger partial charge in [0.2, 0.25) is 10.0 Å². The molecule has 0 saturated carbocycles. The Morgan fingerprint density at radius 2 is 1.86 bits per heavy atom. The van der Waals surface area contributed by atoms with E-state index in [0.717, 1.165) is 18.6 Å². The van der Waals surface area contributed by atoms with E-state index in [-0.39, 0.29) is 16.7 Å². The van der Waals surface area contributed by atoms with Crippen LogP contribution in [0, 0.1) is 22.0 Å². The van der Waals surface area contributed by atoms with E-state index < -0.39 is 26.4 Å². The normalized spacial score (nSPS) is 23.9. The smallest absolute Gasteiger partial charge is 0.312 e. The van der Waals surface area contributed by atoms with Crippen molar-refractivity contribution in [3.05, 3.63) is 28.3 Å². The van der Waals surface area contributed by atoms with Crippen molar-refractivity contribution >= 4 is 15.7 Å². The predicted octanol–water partition coefficient (Wildman–Crippen LogP) is 1.97. The number of phenols is 1. The van der Waals surface area contributed by atoms with Crippen LogP contribution in [0.2, 0.25) is 0 Å². The van der Waals surface area contributed by atoms with E-state index in [9.17, 15) is 23.6 Å². The average Bonchev–Trinajstić information content (AvgIpc) is 2.37. The van der Waals surface area contributed by atoms with E-state index >= 15 is 0 Å². The zero-order chi connectivity index (χ0) is 15.8. The van der Waals surface area contributed by atoms with Crippen LogP contribution < -0.4 is 0 Å². The van der Waals surface area contributed by atoms with Gasteiger partial charge in [-0.15, -0.1) is 0 Å². The second kappa shape index (κ2) is 5.61. The first-order valence-corrected chi connectivity index (χ1v) is 8.13. The Labute approximate surface area is 123 Å². The fourth-order valence-corrected chi connectivity index (χ4v) is 4.46. The third-order valence-corrected chi connectivity index (χ3v) is 5.44. The fraction of sp³-hybridized carbons (Fsp3) is 0.538. The molecule has 1 aromatic rings. The maximum atomic E-state index is 12.6. The first-order chi connectivity index (χ1) is 9.71. The molecule has 1 aliphatic rings. The molecule has 7 nitrogen and oxygen atoms in total. The summed E-state index contributed by atoms with van der Waals surface area (Å²) in [5.41, 5.74) is -0.603. The molecule has 2 atom stereocenters. The molecule has 116 valence electrons. The minimum absolute atomic E-state index is 0.159. The number of benzene rings is 1. The lowest BCUT2D eigenvalue weighted by Gasteiger charge is -2.34. The summed E-state index contributed by atoms with van der Waals surface area (Å²) in [5, 5.41) is 20.2. The van der Waals surface area contributed by atoms with E-state index in [1.165, 1.54) is 10.4 Å². The molecular weight excluding hydrogens is 296 g/mol. The summed E-state index contributed by atoms with van der Waals surface area (Å²) >= 11 is 0. The number of sulfonamides is 1. The molecule has 21 heavy (non-hydrogen) atoms. The second-order valence-corrected chi connectivity index (χ2v) is 7.61. The molecule has 1 N–H and O–H groups in total. The lowest BCUT2D eigenvalue weighted by Crippen LogP contribution is -2.42. The molecule has 1 aromatic carbocycles. The number of aromatic hydroxyl groups is 1. The molecule has 1 aliphatic heterocycles. The second-order valence-electron chi connectivity index (χ2n) is 5.68.